The van der Waals surface area contributed by atoms with E-state index in [0.29, 0.717) is 35.2 Å². The molecule has 0 radical (unpaired) electrons. The largest absolute Gasteiger partial charge is 0.497 e. The number of likely N-dealkylation sites (tertiary alicyclic amines) is 1. The molecule has 3 heterocycles. The number of carbonyl (C=O) groups excluding carboxylic acids is 1. The fourth-order valence-corrected chi connectivity index (χ4v) is 5.10. The molecule has 1 fully saturated rings. The van der Waals surface area contributed by atoms with Crippen molar-refractivity contribution in [3.63, 3.8) is 0 Å². The Labute approximate surface area is 202 Å². The molecule has 4 rings (SSSR count). The average Bonchev–Trinajstić information content (AvgIpc) is 3.28. The van der Waals surface area contributed by atoms with Crippen LogP contribution in [0.25, 0.3) is 11.2 Å². The van der Waals surface area contributed by atoms with Gasteiger partial charge in [0.15, 0.2) is 16.3 Å². The number of benzene rings is 1. The van der Waals surface area contributed by atoms with E-state index in [1.54, 1.807) is 20.5 Å². The number of nitrogens with one attached hydrogen (secondary N) is 2. The fraction of sp³-hybridized carbons (Fsp3) is 0.478. The number of fused-ring (bicyclic) bond motifs is 1. The van der Waals surface area contributed by atoms with E-state index >= 15 is 0 Å². The Bertz CT molecular complexity index is 1210. The Kier molecular flexibility index (Phi) is 7.61. The minimum Gasteiger partial charge on any atom is -0.497 e. The summed E-state index contributed by atoms with van der Waals surface area (Å²) in [6, 6.07) is 5.69. The third-order valence-corrected chi connectivity index (χ3v) is 6.83. The summed E-state index contributed by atoms with van der Waals surface area (Å²) in [7, 11) is 3.24. The molecule has 1 aromatic carbocycles. The lowest BCUT2D eigenvalue weighted by atomic mass is 10.00. The summed E-state index contributed by atoms with van der Waals surface area (Å²) in [5.74, 6) is 1.43. The SMILES string of the molecule is CCOC(=O)N1CCCCC1CCn1cnc(=N)c2[nH]c(Sc3cc(OC)ccc3OC)nc21. The second kappa shape index (κ2) is 10.8. The van der Waals surface area contributed by atoms with Gasteiger partial charge in [0.05, 0.1) is 32.0 Å². The highest BCUT2D eigenvalue weighted by molar-refractivity contribution is 7.99. The second-order valence-corrected chi connectivity index (χ2v) is 9.01. The highest BCUT2D eigenvalue weighted by atomic mass is 32.2. The first kappa shape index (κ1) is 23.9. The van der Waals surface area contributed by atoms with Crippen LogP contribution in [0.3, 0.4) is 0 Å². The van der Waals surface area contributed by atoms with E-state index in [9.17, 15) is 4.79 Å². The number of hydrogen-bond donors (Lipinski definition) is 2. The van der Waals surface area contributed by atoms with Gasteiger partial charge in [0.1, 0.15) is 17.0 Å². The molecule has 34 heavy (non-hydrogen) atoms. The minimum atomic E-state index is -0.243. The molecule has 1 saturated heterocycles. The van der Waals surface area contributed by atoms with Gasteiger partial charge >= 0.3 is 6.09 Å². The first-order chi connectivity index (χ1) is 16.5. The first-order valence-corrected chi connectivity index (χ1v) is 12.2. The number of carbonyl (C=O) groups is 1. The normalized spacial score (nSPS) is 16.0. The number of piperidine rings is 1. The molecule has 182 valence electrons. The molecule has 0 bridgehead atoms. The summed E-state index contributed by atoms with van der Waals surface area (Å²) in [4.78, 5) is 27.3. The second-order valence-electron chi connectivity index (χ2n) is 7.98. The van der Waals surface area contributed by atoms with Gasteiger partial charge in [-0.2, -0.15) is 0 Å². The van der Waals surface area contributed by atoms with Crippen LogP contribution in [0.4, 0.5) is 4.79 Å². The molecule has 10 nitrogen and oxygen atoms in total. The molecule has 0 spiro atoms. The zero-order valence-corrected chi connectivity index (χ0v) is 20.5. The molecule has 1 unspecified atom stereocenters. The lowest BCUT2D eigenvalue weighted by Crippen LogP contribution is -2.44. The number of hydrogen-bond acceptors (Lipinski definition) is 8. The van der Waals surface area contributed by atoms with E-state index in [1.165, 1.54) is 11.8 Å². The Morgan fingerprint density at radius 3 is 2.91 bits per heavy atom. The van der Waals surface area contributed by atoms with Crippen molar-refractivity contribution in [3.8, 4) is 11.5 Å². The van der Waals surface area contributed by atoms with Crippen LogP contribution in [0, 0.1) is 5.41 Å². The molecule has 2 N–H and O–H groups in total. The molecule has 11 heteroatoms. The third-order valence-electron chi connectivity index (χ3n) is 5.91. The van der Waals surface area contributed by atoms with Crippen molar-refractivity contribution in [2.45, 2.75) is 55.2 Å². The monoisotopic (exact) mass is 486 g/mol. The molecule has 0 aliphatic carbocycles. The van der Waals surface area contributed by atoms with Gasteiger partial charge in [-0.1, -0.05) is 0 Å². The zero-order valence-electron chi connectivity index (χ0n) is 19.7. The Morgan fingerprint density at radius 2 is 2.15 bits per heavy atom. The highest BCUT2D eigenvalue weighted by Gasteiger charge is 2.27. The molecule has 1 aliphatic heterocycles. The highest BCUT2D eigenvalue weighted by Crippen LogP contribution is 2.36. The van der Waals surface area contributed by atoms with Gasteiger partial charge in [-0.25, -0.2) is 14.8 Å². The van der Waals surface area contributed by atoms with Crippen LogP contribution >= 0.6 is 11.8 Å². The number of imidazole rings is 1. The van der Waals surface area contributed by atoms with Crippen molar-refractivity contribution < 1.29 is 19.0 Å². The fourth-order valence-electron chi connectivity index (χ4n) is 4.18. The van der Waals surface area contributed by atoms with Gasteiger partial charge in [0.2, 0.25) is 0 Å². The molecule has 1 aliphatic rings. The number of H-pyrrole nitrogens is 1. The topological polar surface area (TPSA) is 118 Å². The number of methoxy groups -OCH3 is 2. The third kappa shape index (κ3) is 5.14. The van der Waals surface area contributed by atoms with E-state index in [-0.39, 0.29) is 17.6 Å². The summed E-state index contributed by atoms with van der Waals surface area (Å²) >= 11 is 1.40. The van der Waals surface area contributed by atoms with Crippen molar-refractivity contribution in [3.05, 3.63) is 30.0 Å². The van der Waals surface area contributed by atoms with Gasteiger partial charge in [-0.3, -0.25) is 5.41 Å². The van der Waals surface area contributed by atoms with Gasteiger partial charge in [0, 0.05) is 19.1 Å². The molecule has 0 saturated carbocycles. The van der Waals surface area contributed by atoms with E-state index in [2.05, 4.69) is 9.97 Å². The standard InChI is InChI=1S/C23H30N6O4S/c1-4-33-23(30)29-11-6-5-7-15(29)10-12-28-14-25-20(24)19-21(28)27-22(26-19)34-18-13-16(31-2)8-9-17(18)32-3/h8-9,13-15,24H,4-7,10-12H2,1-3H3,(H,26,27). The van der Waals surface area contributed by atoms with Gasteiger partial charge in [0.25, 0.3) is 0 Å². The smallest absolute Gasteiger partial charge is 0.409 e. The predicted octanol–water partition coefficient (Wildman–Crippen LogP) is 3.81. The van der Waals surface area contributed by atoms with Crippen LogP contribution in [0.15, 0.2) is 34.6 Å². The average molecular weight is 487 g/mol. The molecule has 2 aromatic heterocycles. The van der Waals surface area contributed by atoms with Crippen LogP contribution < -0.4 is 15.0 Å². The van der Waals surface area contributed by atoms with Crippen molar-refractivity contribution in [1.29, 1.82) is 5.41 Å². The Morgan fingerprint density at radius 1 is 1.29 bits per heavy atom. The first-order valence-electron chi connectivity index (χ1n) is 11.4. The molecular weight excluding hydrogens is 456 g/mol. The maximum atomic E-state index is 12.4. The summed E-state index contributed by atoms with van der Waals surface area (Å²) in [6.45, 7) is 3.55. The molecule has 1 amide bonds. The van der Waals surface area contributed by atoms with Crippen LogP contribution in [0.5, 0.6) is 11.5 Å². The Balaban J connectivity index is 1.56. The number of aromatic nitrogens is 4. The number of nitrogens with zero attached hydrogens (tertiary/aromatic N) is 4. The van der Waals surface area contributed by atoms with E-state index in [0.717, 1.165) is 42.9 Å². The number of rotatable bonds is 8. The lowest BCUT2D eigenvalue weighted by Gasteiger charge is -2.35. The van der Waals surface area contributed by atoms with Crippen molar-refractivity contribution in [2.75, 3.05) is 27.4 Å². The van der Waals surface area contributed by atoms with Crippen molar-refractivity contribution in [1.82, 2.24) is 24.4 Å². The van der Waals surface area contributed by atoms with Crippen molar-refractivity contribution >= 4 is 29.0 Å². The number of ether oxygens (including phenoxy) is 3. The van der Waals surface area contributed by atoms with Crippen LogP contribution in [-0.2, 0) is 11.3 Å². The summed E-state index contributed by atoms with van der Waals surface area (Å²) in [5, 5.41) is 8.87. The van der Waals surface area contributed by atoms with E-state index in [4.69, 9.17) is 24.6 Å². The van der Waals surface area contributed by atoms with E-state index in [1.807, 2.05) is 34.6 Å². The van der Waals surface area contributed by atoms with Crippen LogP contribution in [0.2, 0.25) is 0 Å². The van der Waals surface area contributed by atoms with E-state index < -0.39 is 0 Å². The number of aryl methyl sites for hydroxylation is 1. The van der Waals surface area contributed by atoms with Gasteiger partial charge in [-0.05, 0) is 62.6 Å². The molecule has 3 aromatic rings. The summed E-state index contributed by atoms with van der Waals surface area (Å²) in [5.41, 5.74) is 1.36. The maximum absolute atomic E-state index is 12.4. The molecule has 1 atom stereocenters. The lowest BCUT2D eigenvalue weighted by molar-refractivity contribution is 0.0733. The summed E-state index contributed by atoms with van der Waals surface area (Å²) < 4.78 is 18.0. The summed E-state index contributed by atoms with van der Waals surface area (Å²) in [6.07, 6.45) is 5.20. The van der Waals surface area contributed by atoms with Crippen molar-refractivity contribution in [2.24, 2.45) is 0 Å². The predicted molar refractivity (Wildman–Crippen MR) is 127 cm³/mol. The quantitative estimate of drug-likeness (QED) is 0.497. The number of amides is 1. The zero-order chi connectivity index (χ0) is 24.1. The number of aromatic amines is 1. The van der Waals surface area contributed by atoms with Crippen LogP contribution in [0.1, 0.15) is 32.6 Å². The maximum Gasteiger partial charge on any atom is 0.409 e. The van der Waals surface area contributed by atoms with Crippen LogP contribution in [-0.4, -0.2) is 63.9 Å². The Hall–Kier alpha value is -3.21. The van der Waals surface area contributed by atoms with Gasteiger partial charge in [-0.15, -0.1) is 0 Å². The van der Waals surface area contributed by atoms with Gasteiger partial charge < -0.3 is 28.7 Å². The molecular formula is C23H30N6O4S. The minimum absolute atomic E-state index is 0.111.